The summed E-state index contributed by atoms with van der Waals surface area (Å²) in [6.07, 6.45) is 5.46. The maximum absolute atomic E-state index is 5.45. The van der Waals surface area contributed by atoms with E-state index in [9.17, 15) is 0 Å². The molecule has 0 spiro atoms. The van der Waals surface area contributed by atoms with Gasteiger partial charge in [0.25, 0.3) is 0 Å². The minimum atomic E-state index is 0.534. The normalized spacial score (nSPS) is 13.8. The standard InChI is InChI=1S/C26H24N8O/c1-18-29-17-34(32-18)22-8-6-21(7-9-22)30-26-28-16-20-3-2-4-23(25(20)31-26)19-5-10-24(27-15-19)33-11-13-35-14-12-33/h2-10,15-17H,11-14H2,1H3,(H,28,30,31). The van der Waals surface area contributed by atoms with Gasteiger partial charge in [0.15, 0.2) is 0 Å². The van der Waals surface area contributed by atoms with Crippen LogP contribution in [0.2, 0.25) is 0 Å². The highest BCUT2D eigenvalue weighted by molar-refractivity contribution is 5.93. The Morgan fingerprint density at radius 1 is 0.886 bits per heavy atom. The maximum Gasteiger partial charge on any atom is 0.227 e. The van der Waals surface area contributed by atoms with Gasteiger partial charge in [-0.05, 0) is 43.3 Å². The molecule has 174 valence electrons. The number of nitrogens with one attached hydrogen (secondary N) is 1. The highest BCUT2D eigenvalue weighted by atomic mass is 16.5. The largest absolute Gasteiger partial charge is 0.378 e. The van der Waals surface area contributed by atoms with Crippen molar-refractivity contribution in [2.75, 3.05) is 36.5 Å². The summed E-state index contributed by atoms with van der Waals surface area (Å²) in [4.78, 5) is 20.5. The fraction of sp³-hybridized carbons (Fsp3) is 0.192. The summed E-state index contributed by atoms with van der Waals surface area (Å²) >= 11 is 0. The zero-order valence-electron chi connectivity index (χ0n) is 19.3. The van der Waals surface area contributed by atoms with Crippen LogP contribution in [0.1, 0.15) is 5.82 Å². The second kappa shape index (κ2) is 9.11. The number of ether oxygens (including phenoxy) is 1. The molecule has 0 saturated carbocycles. The number of fused-ring (bicyclic) bond motifs is 1. The van der Waals surface area contributed by atoms with E-state index >= 15 is 0 Å². The highest BCUT2D eigenvalue weighted by Crippen LogP contribution is 2.29. The van der Waals surface area contributed by atoms with Crippen LogP contribution in [0, 0.1) is 6.92 Å². The molecule has 1 aliphatic heterocycles. The molecule has 0 aliphatic carbocycles. The number of benzene rings is 2. The van der Waals surface area contributed by atoms with Gasteiger partial charge >= 0.3 is 0 Å². The Balaban J connectivity index is 1.26. The average Bonchev–Trinajstić information content (AvgIpc) is 3.35. The van der Waals surface area contributed by atoms with Gasteiger partial charge in [-0.25, -0.2) is 24.6 Å². The Bertz CT molecular complexity index is 1460. The molecule has 1 fully saturated rings. The van der Waals surface area contributed by atoms with Crippen LogP contribution in [0.5, 0.6) is 0 Å². The van der Waals surface area contributed by atoms with Crippen molar-refractivity contribution in [1.29, 1.82) is 0 Å². The first kappa shape index (κ1) is 21.2. The smallest absolute Gasteiger partial charge is 0.227 e. The minimum Gasteiger partial charge on any atom is -0.378 e. The fourth-order valence-electron chi connectivity index (χ4n) is 4.17. The van der Waals surface area contributed by atoms with Crippen molar-refractivity contribution >= 4 is 28.4 Å². The number of nitrogens with zero attached hydrogens (tertiary/aromatic N) is 7. The van der Waals surface area contributed by atoms with E-state index < -0.39 is 0 Å². The van der Waals surface area contributed by atoms with E-state index in [4.69, 9.17) is 14.7 Å². The number of aryl methyl sites for hydroxylation is 1. The number of pyridine rings is 1. The Kier molecular flexibility index (Phi) is 5.51. The number of anilines is 3. The number of hydrogen-bond donors (Lipinski definition) is 1. The molecule has 0 amide bonds. The number of hydrogen-bond acceptors (Lipinski definition) is 8. The Hall–Kier alpha value is -4.37. The Morgan fingerprint density at radius 3 is 2.49 bits per heavy atom. The summed E-state index contributed by atoms with van der Waals surface area (Å²) in [6, 6.07) is 18.2. The number of aromatic nitrogens is 6. The zero-order chi connectivity index (χ0) is 23.6. The van der Waals surface area contributed by atoms with Crippen LogP contribution in [0.4, 0.5) is 17.5 Å². The minimum absolute atomic E-state index is 0.534. The van der Waals surface area contributed by atoms with Gasteiger partial charge in [0.2, 0.25) is 5.95 Å². The molecule has 0 radical (unpaired) electrons. The molecule has 1 N–H and O–H groups in total. The topological polar surface area (TPSA) is 93.9 Å². The van der Waals surface area contributed by atoms with Gasteiger partial charge < -0.3 is 15.0 Å². The highest BCUT2D eigenvalue weighted by Gasteiger charge is 2.13. The average molecular weight is 465 g/mol. The summed E-state index contributed by atoms with van der Waals surface area (Å²) in [5.41, 5.74) is 4.74. The molecule has 9 nitrogen and oxygen atoms in total. The summed E-state index contributed by atoms with van der Waals surface area (Å²) in [5, 5.41) is 8.63. The van der Waals surface area contributed by atoms with Crippen molar-refractivity contribution in [3.8, 4) is 16.8 Å². The van der Waals surface area contributed by atoms with Crippen molar-refractivity contribution < 1.29 is 4.74 Å². The van der Waals surface area contributed by atoms with Gasteiger partial charge in [-0.15, -0.1) is 0 Å². The lowest BCUT2D eigenvalue weighted by atomic mass is 10.0. The first-order valence-electron chi connectivity index (χ1n) is 11.5. The predicted octanol–water partition coefficient (Wildman–Crippen LogP) is 4.16. The van der Waals surface area contributed by atoms with Gasteiger partial charge in [-0.1, -0.05) is 18.2 Å². The molecule has 35 heavy (non-hydrogen) atoms. The number of para-hydroxylation sites is 1. The van der Waals surface area contributed by atoms with Crippen molar-refractivity contribution in [3.05, 3.63) is 79.1 Å². The summed E-state index contributed by atoms with van der Waals surface area (Å²) < 4.78 is 7.19. The van der Waals surface area contributed by atoms with Crippen molar-refractivity contribution in [3.63, 3.8) is 0 Å². The van der Waals surface area contributed by atoms with Crippen molar-refractivity contribution in [2.45, 2.75) is 6.92 Å². The first-order valence-corrected chi connectivity index (χ1v) is 11.5. The maximum atomic E-state index is 5.45. The van der Waals surface area contributed by atoms with Crippen LogP contribution in [-0.2, 0) is 4.74 Å². The van der Waals surface area contributed by atoms with E-state index in [1.54, 1.807) is 11.0 Å². The van der Waals surface area contributed by atoms with E-state index in [1.165, 1.54) is 0 Å². The molecule has 5 aromatic rings. The molecule has 3 aromatic heterocycles. The third-order valence-corrected chi connectivity index (χ3v) is 6.00. The molecule has 0 atom stereocenters. The molecule has 0 bridgehead atoms. The van der Waals surface area contributed by atoms with Crippen LogP contribution in [0.3, 0.4) is 0 Å². The zero-order valence-corrected chi connectivity index (χ0v) is 19.3. The van der Waals surface area contributed by atoms with Crippen LogP contribution >= 0.6 is 0 Å². The molecule has 4 heterocycles. The van der Waals surface area contributed by atoms with E-state index in [1.807, 2.05) is 55.7 Å². The fourth-order valence-corrected chi connectivity index (χ4v) is 4.17. The molecule has 1 aliphatic rings. The van der Waals surface area contributed by atoms with Gasteiger partial charge in [-0.2, -0.15) is 5.10 Å². The lowest BCUT2D eigenvalue weighted by molar-refractivity contribution is 0.122. The Labute approximate surface area is 202 Å². The van der Waals surface area contributed by atoms with Gasteiger partial charge in [-0.3, -0.25) is 0 Å². The molecule has 9 heteroatoms. The molecule has 6 rings (SSSR count). The van der Waals surface area contributed by atoms with E-state index in [0.717, 1.165) is 71.4 Å². The second-order valence-electron chi connectivity index (χ2n) is 8.35. The number of rotatable bonds is 5. The second-order valence-corrected chi connectivity index (χ2v) is 8.35. The van der Waals surface area contributed by atoms with Crippen LogP contribution < -0.4 is 10.2 Å². The predicted molar refractivity (Wildman–Crippen MR) is 135 cm³/mol. The lowest BCUT2D eigenvalue weighted by Crippen LogP contribution is -2.36. The van der Waals surface area contributed by atoms with Crippen molar-refractivity contribution in [2.24, 2.45) is 0 Å². The third-order valence-electron chi connectivity index (χ3n) is 6.00. The summed E-state index contributed by atoms with van der Waals surface area (Å²) in [6.45, 7) is 5.07. The van der Waals surface area contributed by atoms with Crippen LogP contribution in [0.15, 0.2) is 73.3 Å². The number of morpholine rings is 1. The SMILES string of the molecule is Cc1ncn(-c2ccc(Nc3ncc4cccc(-c5ccc(N6CCOCC6)nc5)c4n3)cc2)n1. The quantitative estimate of drug-likeness (QED) is 0.414. The molecule has 1 saturated heterocycles. The molecule has 0 unspecified atom stereocenters. The van der Waals surface area contributed by atoms with Crippen LogP contribution in [-0.4, -0.2) is 56.0 Å². The monoisotopic (exact) mass is 464 g/mol. The third kappa shape index (κ3) is 4.41. The summed E-state index contributed by atoms with van der Waals surface area (Å²) in [5.74, 6) is 2.24. The van der Waals surface area contributed by atoms with E-state index in [-0.39, 0.29) is 0 Å². The molecule has 2 aromatic carbocycles. The van der Waals surface area contributed by atoms with E-state index in [0.29, 0.717) is 5.95 Å². The first-order chi connectivity index (χ1) is 17.2. The van der Waals surface area contributed by atoms with Crippen molar-refractivity contribution in [1.82, 2.24) is 29.7 Å². The van der Waals surface area contributed by atoms with Gasteiger partial charge in [0, 0.05) is 47.7 Å². The Morgan fingerprint density at radius 2 is 1.74 bits per heavy atom. The van der Waals surface area contributed by atoms with Gasteiger partial charge in [0.1, 0.15) is 18.0 Å². The molecular formula is C26H24N8O. The lowest BCUT2D eigenvalue weighted by Gasteiger charge is -2.27. The van der Waals surface area contributed by atoms with Gasteiger partial charge in [0.05, 0.1) is 24.4 Å². The van der Waals surface area contributed by atoms with E-state index in [2.05, 4.69) is 43.5 Å². The molecular weight excluding hydrogens is 440 g/mol. The van der Waals surface area contributed by atoms with Crippen LogP contribution in [0.25, 0.3) is 27.7 Å². The summed E-state index contributed by atoms with van der Waals surface area (Å²) in [7, 11) is 0.